The molecule has 0 radical (unpaired) electrons. The van der Waals surface area contributed by atoms with E-state index in [1.54, 1.807) is 0 Å². The van der Waals surface area contributed by atoms with Crippen molar-refractivity contribution < 1.29 is 23.4 Å². The first kappa shape index (κ1) is 26.0. The molecule has 2 amide bonds. The molecule has 4 saturated carbocycles. The predicted molar refractivity (Wildman–Crippen MR) is 148 cm³/mol. The highest BCUT2D eigenvalue weighted by atomic mass is 32.2. The zero-order valence-electron chi connectivity index (χ0n) is 22.8. The number of urea groups is 1. The quantitative estimate of drug-likeness (QED) is 0.522. The summed E-state index contributed by atoms with van der Waals surface area (Å²) in [7, 11) is -3.16. The third kappa shape index (κ3) is 4.46. The van der Waals surface area contributed by atoms with Crippen molar-refractivity contribution in [2.45, 2.75) is 81.2 Å². The molecule has 7 aliphatic rings. The highest BCUT2D eigenvalue weighted by Gasteiger charge is 2.55. The lowest BCUT2D eigenvalue weighted by molar-refractivity contribution is -0.107. The Morgan fingerprint density at radius 2 is 1.44 bits per heavy atom. The average molecular weight is 559 g/mol. The van der Waals surface area contributed by atoms with Crippen LogP contribution in [-0.2, 0) is 15.6 Å². The molecule has 1 aromatic carbocycles. The van der Waals surface area contributed by atoms with Crippen LogP contribution in [0.3, 0.4) is 0 Å². The highest BCUT2D eigenvalue weighted by Crippen LogP contribution is 2.54. The Morgan fingerprint density at radius 3 is 1.95 bits per heavy atom. The number of benzene rings is 1. The van der Waals surface area contributed by atoms with Gasteiger partial charge in [-0.2, -0.15) is 4.31 Å². The van der Waals surface area contributed by atoms with E-state index in [2.05, 4.69) is 10.2 Å². The minimum absolute atomic E-state index is 0.0381. The van der Waals surface area contributed by atoms with Crippen molar-refractivity contribution in [3.8, 4) is 0 Å². The highest BCUT2D eigenvalue weighted by molar-refractivity contribution is 7.88. The molecule has 39 heavy (non-hydrogen) atoms. The average Bonchev–Trinajstić information content (AvgIpc) is 3.19. The number of aliphatic hydroxyl groups excluding tert-OH is 1. The van der Waals surface area contributed by atoms with E-state index >= 15 is 0 Å². The van der Waals surface area contributed by atoms with E-state index in [-0.39, 0.29) is 30.3 Å². The maximum Gasteiger partial charge on any atom is 0.318 e. The van der Waals surface area contributed by atoms with Crippen LogP contribution in [-0.4, -0.2) is 90.5 Å². The molecule has 4 aliphatic carbocycles. The molecule has 0 spiro atoms. The van der Waals surface area contributed by atoms with Gasteiger partial charge in [0.2, 0.25) is 10.0 Å². The van der Waals surface area contributed by atoms with Gasteiger partial charge in [-0.25, -0.2) is 13.2 Å². The van der Waals surface area contributed by atoms with E-state index in [4.69, 9.17) is 0 Å². The number of amides is 2. The summed E-state index contributed by atoms with van der Waals surface area (Å²) in [6.45, 7) is 2.26. The third-order valence-electron chi connectivity index (χ3n) is 11.2. The molecule has 214 valence electrons. The van der Waals surface area contributed by atoms with Crippen molar-refractivity contribution in [2.24, 2.45) is 23.7 Å². The summed E-state index contributed by atoms with van der Waals surface area (Å²) in [4.78, 5) is 17.8. The molecule has 9 nitrogen and oxygen atoms in total. The van der Waals surface area contributed by atoms with Gasteiger partial charge in [0.05, 0.1) is 18.0 Å². The van der Waals surface area contributed by atoms with Gasteiger partial charge in [0, 0.05) is 62.8 Å². The van der Waals surface area contributed by atoms with Crippen LogP contribution in [0.4, 0.5) is 10.5 Å². The first-order chi connectivity index (χ1) is 18.6. The normalized spacial score (nSPS) is 41.7. The number of sulfonamides is 1. The molecular formula is C29H42N4O5S. The maximum atomic E-state index is 13.6. The zero-order chi connectivity index (χ0) is 27.1. The lowest BCUT2D eigenvalue weighted by Gasteiger charge is -2.57. The van der Waals surface area contributed by atoms with Gasteiger partial charge < -0.3 is 25.3 Å². The molecule has 0 aromatic heterocycles. The van der Waals surface area contributed by atoms with E-state index in [1.165, 1.54) is 10.6 Å². The van der Waals surface area contributed by atoms with Gasteiger partial charge in [-0.15, -0.1) is 0 Å². The Labute approximate surface area is 231 Å². The van der Waals surface area contributed by atoms with Crippen LogP contribution in [0.2, 0.25) is 0 Å². The van der Waals surface area contributed by atoms with Crippen LogP contribution in [0.25, 0.3) is 0 Å². The maximum absolute atomic E-state index is 13.6. The van der Waals surface area contributed by atoms with E-state index in [9.17, 15) is 23.4 Å². The second-order valence-electron chi connectivity index (χ2n) is 13.4. The van der Waals surface area contributed by atoms with Crippen LogP contribution >= 0.6 is 0 Å². The molecule has 3 aliphatic heterocycles. The van der Waals surface area contributed by atoms with Crippen molar-refractivity contribution in [3.05, 3.63) is 29.8 Å². The SMILES string of the molecule is CS(=O)(=O)N1CCN(c2ccc(C3(O)CC4CCC(C3)N4C(=O)NC3C4CC5CC3CC(C4)C5O)cc2)CC1. The summed E-state index contributed by atoms with van der Waals surface area (Å²) >= 11 is 0. The van der Waals surface area contributed by atoms with Gasteiger partial charge in [-0.05, 0) is 79.9 Å². The third-order valence-corrected chi connectivity index (χ3v) is 12.5. The van der Waals surface area contributed by atoms with Gasteiger partial charge in [0.15, 0.2) is 0 Å². The number of piperazine rings is 1. The number of anilines is 1. The van der Waals surface area contributed by atoms with E-state index in [0.29, 0.717) is 62.7 Å². The molecule has 3 saturated heterocycles. The molecule has 2 atom stereocenters. The number of rotatable bonds is 4. The van der Waals surface area contributed by atoms with Gasteiger partial charge >= 0.3 is 6.03 Å². The second kappa shape index (κ2) is 9.33. The van der Waals surface area contributed by atoms with E-state index < -0.39 is 15.6 Å². The molecule has 6 bridgehead atoms. The molecule has 8 rings (SSSR count). The van der Waals surface area contributed by atoms with Crippen LogP contribution in [0.1, 0.15) is 56.9 Å². The standard InChI is InChI=1S/C29H42N4O5S/c1-39(37,38)32-10-8-31(9-11-32)23-4-2-22(3-5-23)29(36)16-24-6-7-25(17-29)33(24)28(35)30-26-18-12-20-14-19(26)15-21(13-18)27(20)34/h2-5,18-21,24-27,34,36H,6-17H2,1H3,(H,30,35). The lowest BCUT2D eigenvalue weighted by atomic mass is 9.53. The minimum Gasteiger partial charge on any atom is -0.393 e. The van der Waals surface area contributed by atoms with Crippen molar-refractivity contribution >= 4 is 21.7 Å². The van der Waals surface area contributed by atoms with Crippen molar-refractivity contribution in [3.63, 3.8) is 0 Å². The summed E-state index contributed by atoms with van der Waals surface area (Å²) in [6, 6.07) is 8.44. The topological polar surface area (TPSA) is 113 Å². The minimum atomic E-state index is -3.16. The van der Waals surface area contributed by atoms with Gasteiger partial charge in [0.1, 0.15) is 0 Å². The Kier molecular flexibility index (Phi) is 6.23. The number of fused-ring (bicyclic) bond motifs is 2. The van der Waals surface area contributed by atoms with Gasteiger partial charge in [-0.3, -0.25) is 0 Å². The molecule has 3 heterocycles. The van der Waals surface area contributed by atoms with Crippen molar-refractivity contribution in [1.29, 1.82) is 0 Å². The molecule has 2 unspecified atom stereocenters. The number of hydrogen-bond donors (Lipinski definition) is 3. The summed E-state index contributed by atoms with van der Waals surface area (Å²) in [5.74, 6) is 1.83. The summed E-state index contributed by atoms with van der Waals surface area (Å²) in [5.41, 5.74) is 0.991. The second-order valence-corrected chi connectivity index (χ2v) is 15.4. The number of carbonyl (C=O) groups is 1. The Balaban J connectivity index is 0.992. The summed E-state index contributed by atoms with van der Waals surface area (Å²) < 4.78 is 25.2. The Morgan fingerprint density at radius 1 is 0.897 bits per heavy atom. The molecule has 7 fully saturated rings. The Bertz CT molecular complexity index is 1170. The first-order valence-corrected chi connectivity index (χ1v) is 16.7. The number of nitrogens with zero attached hydrogens (tertiary/aromatic N) is 3. The number of carbonyl (C=O) groups excluding carboxylic acids is 1. The fraction of sp³-hybridized carbons (Fsp3) is 0.759. The van der Waals surface area contributed by atoms with Crippen LogP contribution in [0.5, 0.6) is 0 Å². The largest absolute Gasteiger partial charge is 0.393 e. The first-order valence-electron chi connectivity index (χ1n) is 14.9. The van der Waals surface area contributed by atoms with Crippen molar-refractivity contribution in [1.82, 2.24) is 14.5 Å². The fourth-order valence-corrected chi connectivity index (χ4v) is 10.2. The van der Waals surface area contributed by atoms with E-state index in [0.717, 1.165) is 49.8 Å². The number of aliphatic hydroxyl groups is 2. The smallest absolute Gasteiger partial charge is 0.318 e. The number of nitrogens with one attached hydrogen (secondary N) is 1. The summed E-state index contributed by atoms with van der Waals surface area (Å²) in [5, 5.41) is 25.7. The van der Waals surface area contributed by atoms with E-state index in [1.807, 2.05) is 29.2 Å². The monoisotopic (exact) mass is 558 g/mol. The molecule has 1 aromatic rings. The predicted octanol–water partition coefficient (Wildman–Crippen LogP) is 2.09. The van der Waals surface area contributed by atoms with Crippen LogP contribution in [0, 0.1) is 23.7 Å². The molecule has 3 N–H and O–H groups in total. The lowest BCUT2D eigenvalue weighted by Crippen LogP contribution is -2.63. The molecular weight excluding hydrogens is 516 g/mol. The number of hydrogen-bond acceptors (Lipinski definition) is 6. The van der Waals surface area contributed by atoms with Gasteiger partial charge in [-0.1, -0.05) is 12.1 Å². The molecule has 10 heteroatoms. The van der Waals surface area contributed by atoms with Crippen molar-refractivity contribution in [2.75, 3.05) is 37.3 Å². The van der Waals surface area contributed by atoms with Crippen LogP contribution < -0.4 is 10.2 Å². The number of piperidine rings is 1. The summed E-state index contributed by atoms with van der Waals surface area (Å²) in [6.07, 6.45) is 8.23. The van der Waals surface area contributed by atoms with Crippen LogP contribution in [0.15, 0.2) is 24.3 Å². The fourth-order valence-electron chi connectivity index (χ4n) is 9.36. The van der Waals surface area contributed by atoms with Gasteiger partial charge in [0.25, 0.3) is 0 Å². The zero-order valence-corrected chi connectivity index (χ0v) is 23.6. The Hall–Kier alpha value is -1.88.